The van der Waals surface area contributed by atoms with E-state index in [1.54, 1.807) is 12.1 Å². The molecule has 0 bridgehead atoms. The first-order chi connectivity index (χ1) is 10.0. The van der Waals surface area contributed by atoms with E-state index in [1.165, 1.54) is 12.3 Å². The van der Waals surface area contributed by atoms with Crippen molar-refractivity contribution >= 4 is 23.2 Å². The molecule has 0 saturated carbocycles. The van der Waals surface area contributed by atoms with Crippen molar-refractivity contribution in [2.45, 2.75) is 19.4 Å². The van der Waals surface area contributed by atoms with Crippen LogP contribution in [0.5, 0.6) is 0 Å². The van der Waals surface area contributed by atoms with Crippen molar-refractivity contribution in [3.8, 4) is 0 Å². The largest absolute Gasteiger partial charge is 0.309 e. The average Bonchev–Trinajstić information content (AvgIpc) is 2.43. The van der Waals surface area contributed by atoms with Crippen LogP contribution in [0.15, 0.2) is 30.5 Å². The maximum Gasteiger partial charge on any atom is 0.162 e. The number of aromatic nitrogens is 1. The molecular weight excluding hydrogens is 317 g/mol. The number of halogens is 4. The van der Waals surface area contributed by atoms with Gasteiger partial charge in [-0.25, -0.2) is 8.78 Å². The van der Waals surface area contributed by atoms with Gasteiger partial charge < -0.3 is 5.32 Å². The van der Waals surface area contributed by atoms with E-state index in [-0.39, 0.29) is 18.0 Å². The zero-order valence-corrected chi connectivity index (χ0v) is 12.8. The number of pyridine rings is 1. The predicted octanol–water partition coefficient (Wildman–Crippen LogP) is 4.56. The summed E-state index contributed by atoms with van der Waals surface area (Å²) in [5.41, 5.74) is 0.834. The number of hydrogen-bond acceptors (Lipinski definition) is 2. The Hall–Kier alpha value is -1.23. The van der Waals surface area contributed by atoms with Crippen LogP contribution in [0.4, 0.5) is 8.78 Å². The first-order valence-electron chi connectivity index (χ1n) is 6.50. The van der Waals surface area contributed by atoms with Crippen molar-refractivity contribution in [3.63, 3.8) is 0 Å². The highest BCUT2D eigenvalue weighted by atomic mass is 35.5. The normalized spacial score (nSPS) is 12.4. The first kappa shape index (κ1) is 16.1. The van der Waals surface area contributed by atoms with Crippen molar-refractivity contribution in [1.29, 1.82) is 0 Å². The summed E-state index contributed by atoms with van der Waals surface area (Å²) < 4.78 is 27.1. The molecule has 1 aromatic heterocycles. The fourth-order valence-corrected chi connectivity index (χ4v) is 2.63. The van der Waals surface area contributed by atoms with Crippen LogP contribution in [0.3, 0.4) is 0 Å². The number of hydrogen-bond donors (Lipinski definition) is 1. The lowest BCUT2D eigenvalue weighted by molar-refractivity contribution is 0.478. The minimum Gasteiger partial charge on any atom is -0.309 e. The maximum absolute atomic E-state index is 13.8. The molecule has 21 heavy (non-hydrogen) atoms. The Morgan fingerprint density at radius 3 is 2.71 bits per heavy atom. The van der Waals surface area contributed by atoms with Gasteiger partial charge in [-0.2, -0.15) is 0 Å². The van der Waals surface area contributed by atoms with Crippen LogP contribution in [-0.4, -0.2) is 11.5 Å². The molecule has 6 heteroatoms. The minimum absolute atomic E-state index is 0.242. The summed E-state index contributed by atoms with van der Waals surface area (Å²) in [7, 11) is 0. The Bertz CT molecular complexity index is 635. The molecule has 1 atom stereocenters. The molecular formula is C15H14Cl2F2N2. The van der Waals surface area contributed by atoms with Gasteiger partial charge in [0.1, 0.15) is 0 Å². The third-order valence-electron chi connectivity index (χ3n) is 3.07. The van der Waals surface area contributed by atoms with Crippen LogP contribution < -0.4 is 5.32 Å². The highest BCUT2D eigenvalue weighted by molar-refractivity contribution is 6.34. The second-order valence-electron chi connectivity index (χ2n) is 4.55. The van der Waals surface area contributed by atoms with Crippen molar-refractivity contribution in [2.75, 3.05) is 6.54 Å². The van der Waals surface area contributed by atoms with Gasteiger partial charge in [0.2, 0.25) is 0 Å². The lowest BCUT2D eigenvalue weighted by Crippen LogP contribution is -2.24. The zero-order valence-electron chi connectivity index (χ0n) is 11.3. The summed E-state index contributed by atoms with van der Waals surface area (Å²) in [5.74, 6) is -1.71. The van der Waals surface area contributed by atoms with Crippen LogP contribution in [0.1, 0.15) is 24.2 Å². The van der Waals surface area contributed by atoms with Gasteiger partial charge in [-0.15, -0.1) is 0 Å². The van der Waals surface area contributed by atoms with E-state index in [2.05, 4.69) is 10.3 Å². The molecule has 0 spiro atoms. The molecule has 0 saturated heterocycles. The molecule has 0 fully saturated rings. The van der Waals surface area contributed by atoms with Gasteiger partial charge >= 0.3 is 0 Å². The van der Waals surface area contributed by atoms with Crippen LogP contribution >= 0.6 is 23.2 Å². The molecule has 1 aromatic carbocycles. The van der Waals surface area contributed by atoms with E-state index >= 15 is 0 Å². The molecule has 2 rings (SSSR count). The molecule has 1 heterocycles. The number of benzene rings is 1. The molecule has 0 aliphatic rings. The molecule has 2 aromatic rings. The minimum atomic E-state index is -0.863. The van der Waals surface area contributed by atoms with E-state index in [4.69, 9.17) is 23.2 Å². The highest BCUT2D eigenvalue weighted by Crippen LogP contribution is 2.27. The number of rotatable bonds is 5. The first-order valence-corrected chi connectivity index (χ1v) is 7.25. The van der Waals surface area contributed by atoms with Crippen LogP contribution in [0.2, 0.25) is 10.0 Å². The monoisotopic (exact) mass is 330 g/mol. The molecule has 0 amide bonds. The van der Waals surface area contributed by atoms with E-state index in [0.717, 1.165) is 6.07 Å². The quantitative estimate of drug-likeness (QED) is 0.869. The van der Waals surface area contributed by atoms with Gasteiger partial charge in [0.05, 0.1) is 21.8 Å². The smallest absolute Gasteiger partial charge is 0.162 e. The molecule has 1 unspecified atom stereocenters. The van der Waals surface area contributed by atoms with Gasteiger partial charge in [0, 0.05) is 6.20 Å². The van der Waals surface area contributed by atoms with Crippen LogP contribution in [0.25, 0.3) is 0 Å². The fraction of sp³-hybridized carbons (Fsp3) is 0.267. The molecule has 1 N–H and O–H groups in total. The second kappa shape index (κ2) is 7.16. The van der Waals surface area contributed by atoms with Crippen LogP contribution in [0, 0.1) is 11.6 Å². The average molecular weight is 331 g/mol. The Morgan fingerprint density at radius 1 is 1.29 bits per heavy atom. The lowest BCUT2D eigenvalue weighted by atomic mass is 10.0. The molecule has 112 valence electrons. The highest BCUT2D eigenvalue weighted by Gasteiger charge is 2.19. The topological polar surface area (TPSA) is 24.9 Å². The molecule has 0 aliphatic carbocycles. The van der Waals surface area contributed by atoms with Gasteiger partial charge in [-0.05, 0) is 30.7 Å². The third-order valence-corrected chi connectivity index (χ3v) is 3.58. The van der Waals surface area contributed by atoms with Crippen molar-refractivity contribution in [1.82, 2.24) is 10.3 Å². The third kappa shape index (κ3) is 3.90. The zero-order chi connectivity index (χ0) is 15.4. The van der Waals surface area contributed by atoms with Crippen molar-refractivity contribution in [3.05, 3.63) is 63.4 Å². The van der Waals surface area contributed by atoms with Gasteiger partial charge in [-0.3, -0.25) is 4.98 Å². The van der Waals surface area contributed by atoms with Crippen LogP contribution in [-0.2, 0) is 6.42 Å². The van der Waals surface area contributed by atoms with Gasteiger partial charge in [0.25, 0.3) is 0 Å². The summed E-state index contributed by atoms with van der Waals surface area (Å²) in [6, 6.07) is 5.38. The summed E-state index contributed by atoms with van der Waals surface area (Å²) >= 11 is 12.0. The fourth-order valence-electron chi connectivity index (χ4n) is 2.12. The number of likely N-dealkylation sites (N-methyl/N-ethyl adjacent to an activating group) is 1. The summed E-state index contributed by atoms with van der Waals surface area (Å²) in [6.07, 6.45) is 1.72. The lowest BCUT2D eigenvalue weighted by Gasteiger charge is -2.19. The van der Waals surface area contributed by atoms with E-state index in [1.807, 2.05) is 6.92 Å². The summed E-state index contributed by atoms with van der Waals surface area (Å²) in [6.45, 7) is 2.56. The Morgan fingerprint density at radius 2 is 2.05 bits per heavy atom. The molecule has 0 aliphatic heterocycles. The Balaban J connectivity index is 2.33. The second-order valence-corrected chi connectivity index (χ2v) is 5.39. The predicted molar refractivity (Wildman–Crippen MR) is 80.7 cm³/mol. The number of nitrogens with one attached hydrogen (secondary N) is 1. The SMILES string of the molecule is CCNC(Cc1cccc(F)c1F)c1ncc(Cl)cc1Cl. The Labute approximate surface area is 132 Å². The number of nitrogens with zero attached hydrogens (tertiary/aromatic N) is 1. The van der Waals surface area contributed by atoms with Crippen molar-refractivity contribution in [2.24, 2.45) is 0 Å². The van der Waals surface area contributed by atoms with E-state index in [9.17, 15) is 8.78 Å². The standard InChI is InChI=1S/C15H14Cl2F2N2/c1-2-20-13(15-11(17)7-10(16)8-21-15)6-9-4-3-5-12(18)14(9)19/h3-5,7-8,13,20H,2,6H2,1H3. The van der Waals surface area contributed by atoms with Crippen molar-refractivity contribution < 1.29 is 8.78 Å². The summed E-state index contributed by atoms with van der Waals surface area (Å²) in [5, 5.41) is 4.00. The molecule has 2 nitrogen and oxygen atoms in total. The van der Waals surface area contributed by atoms with E-state index < -0.39 is 11.6 Å². The van der Waals surface area contributed by atoms with E-state index in [0.29, 0.717) is 22.3 Å². The summed E-state index contributed by atoms with van der Waals surface area (Å²) in [4.78, 5) is 4.20. The molecule has 0 radical (unpaired) electrons. The van der Waals surface area contributed by atoms with Gasteiger partial charge in [0.15, 0.2) is 11.6 Å². The Kier molecular flexibility index (Phi) is 5.51. The van der Waals surface area contributed by atoms with Gasteiger partial charge in [-0.1, -0.05) is 42.3 Å². The maximum atomic E-state index is 13.8.